The van der Waals surface area contributed by atoms with E-state index in [0.29, 0.717) is 5.88 Å². The van der Waals surface area contributed by atoms with E-state index < -0.39 is 0 Å². The van der Waals surface area contributed by atoms with Crippen LogP contribution in [0.2, 0.25) is 0 Å². The van der Waals surface area contributed by atoms with Gasteiger partial charge in [-0.2, -0.15) is 5.10 Å². The maximum Gasteiger partial charge on any atom is 0.246 e. The van der Waals surface area contributed by atoms with E-state index in [2.05, 4.69) is 26.1 Å². The van der Waals surface area contributed by atoms with Gasteiger partial charge in [0.2, 0.25) is 5.88 Å². The minimum absolute atomic E-state index is 0.516. The highest BCUT2D eigenvalue weighted by Gasteiger charge is 2.08. The molecular formula is C15H11BrN2O. The first-order valence-electron chi connectivity index (χ1n) is 5.88. The Morgan fingerprint density at radius 1 is 1.11 bits per heavy atom. The van der Waals surface area contributed by atoms with Crippen LogP contribution >= 0.6 is 15.9 Å². The van der Waals surface area contributed by atoms with E-state index in [1.165, 1.54) is 5.56 Å². The lowest BCUT2D eigenvalue weighted by Gasteiger charge is -2.08. The molecule has 2 aromatic carbocycles. The summed E-state index contributed by atoms with van der Waals surface area (Å²) in [7, 11) is 0. The van der Waals surface area contributed by atoms with Crippen LogP contribution in [0.1, 0.15) is 5.56 Å². The predicted molar refractivity (Wildman–Crippen MR) is 78.5 cm³/mol. The zero-order valence-electron chi connectivity index (χ0n) is 10.3. The maximum atomic E-state index is 5.86. The van der Waals surface area contributed by atoms with Gasteiger partial charge < -0.3 is 4.74 Å². The van der Waals surface area contributed by atoms with Crippen LogP contribution in [0.15, 0.2) is 53.1 Å². The average molecular weight is 315 g/mol. The molecule has 0 saturated heterocycles. The Balaban J connectivity index is 2.06. The second kappa shape index (κ2) is 4.97. The first kappa shape index (κ1) is 12.1. The van der Waals surface area contributed by atoms with Gasteiger partial charge in [-0.05, 0) is 46.6 Å². The Labute approximate surface area is 119 Å². The van der Waals surface area contributed by atoms with Gasteiger partial charge in [-0.25, -0.2) is 0 Å². The molecule has 0 amide bonds. The summed E-state index contributed by atoms with van der Waals surface area (Å²) in [5.74, 6) is 1.25. The number of hydrogen-bond donors (Lipinski definition) is 0. The van der Waals surface area contributed by atoms with Crippen LogP contribution in [0, 0.1) is 6.92 Å². The molecule has 1 aromatic heterocycles. The Bertz CT molecular complexity index is 738. The second-order valence-corrected chi connectivity index (χ2v) is 5.13. The number of fused-ring (bicyclic) bond motifs is 1. The predicted octanol–water partition coefficient (Wildman–Crippen LogP) is 4.49. The number of aryl methyl sites for hydroxylation is 1. The molecule has 3 aromatic rings. The molecule has 0 aliphatic rings. The molecule has 94 valence electrons. The molecule has 3 rings (SSSR count). The van der Waals surface area contributed by atoms with Crippen molar-refractivity contribution in [3.63, 3.8) is 0 Å². The highest BCUT2D eigenvalue weighted by atomic mass is 79.9. The van der Waals surface area contributed by atoms with Crippen LogP contribution in [-0.4, -0.2) is 10.2 Å². The second-order valence-electron chi connectivity index (χ2n) is 4.27. The van der Waals surface area contributed by atoms with E-state index in [1.54, 1.807) is 6.20 Å². The normalized spacial score (nSPS) is 10.6. The van der Waals surface area contributed by atoms with E-state index in [0.717, 1.165) is 21.0 Å². The summed E-state index contributed by atoms with van der Waals surface area (Å²) in [6.07, 6.45) is 1.73. The van der Waals surface area contributed by atoms with Crippen molar-refractivity contribution < 1.29 is 4.74 Å². The maximum absolute atomic E-state index is 5.86. The smallest absolute Gasteiger partial charge is 0.246 e. The van der Waals surface area contributed by atoms with Crippen molar-refractivity contribution in [2.24, 2.45) is 0 Å². The summed E-state index contributed by atoms with van der Waals surface area (Å²) < 4.78 is 6.76. The average Bonchev–Trinajstić information content (AvgIpc) is 2.42. The number of benzene rings is 2. The third-order valence-electron chi connectivity index (χ3n) is 2.83. The van der Waals surface area contributed by atoms with Gasteiger partial charge in [-0.15, -0.1) is 5.10 Å². The zero-order chi connectivity index (χ0) is 13.2. The fraction of sp³-hybridized carbons (Fsp3) is 0.0667. The van der Waals surface area contributed by atoms with Crippen molar-refractivity contribution in [3.8, 4) is 11.6 Å². The number of aromatic nitrogens is 2. The molecule has 0 unspecified atom stereocenters. The lowest BCUT2D eigenvalue weighted by Crippen LogP contribution is -1.92. The standard InChI is InChI=1S/C15H11BrN2O/c1-10-6-7-14(13(16)8-10)19-15-12-5-3-2-4-11(12)9-17-18-15/h2-9H,1H3. The fourth-order valence-corrected chi connectivity index (χ4v) is 2.44. The van der Waals surface area contributed by atoms with Gasteiger partial charge >= 0.3 is 0 Å². The molecule has 0 N–H and O–H groups in total. The molecule has 0 spiro atoms. The van der Waals surface area contributed by atoms with E-state index >= 15 is 0 Å². The van der Waals surface area contributed by atoms with Gasteiger partial charge in [-0.1, -0.05) is 24.3 Å². The van der Waals surface area contributed by atoms with Crippen molar-refractivity contribution in [3.05, 3.63) is 58.7 Å². The molecule has 0 aliphatic carbocycles. The molecule has 0 fully saturated rings. The summed E-state index contributed by atoms with van der Waals surface area (Å²) in [5.41, 5.74) is 1.17. The third kappa shape index (κ3) is 2.44. The van der Waals surface area contributed by atoms with Gasteiger partial charge in [0.25, 0.3) is 0 Å². The Kier molecular flexibility index (Phi) is 3.17. The van der Waals surface area contributed by atoms with Gasteiger partial charge in [0.05, 0.1) is 10.7 Å². The zero-order valence-corrected chi connectivity index (χ0v) is 11.9. The van der Waals surface area contributed by atoms with Crippen molar-refractivity contribution in [1.82, 2.24) is 10.2 Å². The van der Waals surface area contributed by atoms with Crippen molar-refractivity contribution in [1.29, 1.82) is 0 Å². The first-order valence-corrected chi connectivity index (χ1v) is 6.68. The Morgan fingerprint density at radius 2 is 1.95 bits per heavy atom. The van der Waals surface area contributed by atoms with Gasteiger partial charge in [0.15, 0.2) is 0 Å². The molecule has 0 saturated carbocycles. The third-order valence-corrected chi connectivity index (χ3v) is 3.45. The summed E-state index contributed by atoms with van der Waals surface area (Å²) in [4.78, 5) is 0. The molecule has 0 atom stereocenters. The molecule has 19 heavy (non-hydrogen) atoms. The van der Waals surface area contributed by atoms with Gasteiger partial charge in [0.1, 0.15) is 5.75 Å². The number of halogens is 1. The summed E-state index contributed by atoms with van der Waals surface area (Å²) in [6.45, 7) is 2.03. The topological polar surface area (TPSA) is 35.0 Å². The minimum Gasteiger partial charge on any atom is -0.436 e. The number of hydrogen-bond acceptors (Lipinski definition) is 3. The molecule has 0 radical (unpaired) electrons. The summed E-state index contributed by atoms with van der Waals surface area (Å²) >= 11 is 3.50. The van der Waals surface area contributed by atoms with E-state index in [-0.39, 0.29) is 0 Å². The van der Waals surface area contributed by atoms with Gasteiger partial charge in [0, 0.05) is 10.8 Å². The minimum atomic E-state index is 0.516. The SMILES string of the molecule is Cc1ccc(Oc2nncc3ccccc23)c(Br)c1. The highest BCUT2D eigenvalue weighted by molar-refractivity contribution is 9.10. The lowest BCUT2D eigenvalue weighted by atomic mass is 10.2. The first-order chi connectivity index (χ1) is 9.24. The van der Waals surface area contributed by atoms with Crippen LogP contribution in [0.4, 0.5) is 0 Å². The Morgan fingerprint density at radius 3 is 2.79 bits per heavy atom. The van der Waals surface area contributed by atoms with Crippen molar-refractivity contribution in [2.75, 3.05) is 0 Å². The van der Waals surface area contributed by atoms with Crippen LogP contribution in [0.25, 0.3) is 10.8 Å². The van der Waals surface area contributed by atoms with Crippen molar-refractivity contribution >= 4 is 26.7 Å². The summed E-state index contributed by atoms with van der Waals surface area (Å²) in [5, 5.41) is 10.00. The Hall–Kier alpha value is -1.94. The highest BCUT2D eigenvalue weighted by Crippen LogP contribution is 2.32. The van der Waals surface area contributed by atoms with E-state index in [9.17, 15) is 0 Å². The molecule has 4 heteroatoms. The lowest BCUT2D eigenvalue weighted by molar-refractivity contribution is 0.459. The van der Waals surface area contributed by atoms with E-state index in [4.69, 9.17) is 4.74 Å². The van der Waals surface area contributed by atoms with Crippen LogP contribution in [0.5, 0.6) is 11.6 Å². The van der Waals surface area contributed by atoms with E-state index in [1.807, 2.05) is 49.4 Å². The molecule has 3 nitrogen and oxygen atoms in total. The van der Waals surface area contributed by atoms with Crippen LogP contribution in [0.3, 0.4) is 0 Å². The summed E-state index contributed by atoms with van der Waals surface area (Å²) in [6, 6.07) is 13.8. The fourth-order valence-electron chi connectivity index (χ4n) is 1.87. The molecule has 0 bridgehead atoms. The molecular weight excluding hydrogens is 304 g/mol. The van der Waals surface area contributed by atoms with Crippen LogP contribution in [-0.2, 0) is 0 Å². The monoisotopic (exact) mass is 314 g/mol. The number of nitrogens with zero attached hydrogens (tertiary/aromatic N) is 2. The number of ether oxygens (including phenoxy) is 1. The molecule has 1 heterocycles. The number of rotatable bonds is 2. The van der Waals surface area contributed by atoms with Gasteiger partial charge in [-0.3, -0.25) is 0 Å². The largest absolute Gasteiger partial charge is 0.436 e. The quantitative estimate of drug-likeness (QED) is 0.699. The molecule has 0 aliphatic heterocycles. The van der Waals surface area contributed by atoms with Crippen LogP contribution < -0.4 is 4.74 Å². The van der Waals surface area contributed by atoms with Crippen molar-refractivity contribution in [2.45, 2.75) is 6.92 Å².